The minimum absolute atomic E-state index is 0.0285. The monoisotopic (exact) mass is 421 g/mol. The fourth-order valence-corrected chi connectivity index (χ4v) is 3.58. The van der Waals surface area contributed by atoms with Crippen LogP contribution in [-0.4, -0.2) is 41.0 Å². The Balaban J connectivity index is 1.51. The third-order valence-corrected chi connectivity index (χ3v) is 5.05. The molecule has 0 atom stereocenters. The molecule has 0 fully saturated rings. The van der Waals surface area contributed by atoms with Gasteiger partial charge < -0.3 is 24.2 Å². The lowest BCUT2D eigenvalue weighted by Crippen LogP contribution is -2.07. The van der Waals surface area contributed by atoms with Crippen molar-refractivity contribution in [1.82, 2.24) is 5.16 Å². The number of phenolic OH excluding ortho intramolecular Hbond substituents is 1. The smallest absolute Gasteiger partial charge is 0.358 e. The van der Waals surface area contributed by atoms with Gasteiger partial charge in [-0.1, -0.05) is 29.4 Å². The number of phenols is 1. The van der Waals surface area contributed by atoms with E-state index in [0.29, 0.717) is 24.2 Å². The van der Waals surface area contributed by atoms with Crippen LogP contribution >= 0.6 is 0 Å². The highest BCUT2D eigenvalue weighted by molar-refractivity contribution is 5.95. The van der Waals surface area contributed by atoms with Gasteiger partial charge in [0.2, 0.25) is 0 Å². The molecule has 1 aliphatic carbocycles. The van der Waals surface area contributed by atoms with E-state index in [1.807, 2.05) is 24.3 Å². The standard InChI is InChI=1S/C23H19NO7/c1-29-23(28)19-17(25)5-2-6-18(19)30-11-3-4-13-7-8-14-9-10-15-20(22(26)27)24-31-21(15)16(14)12-13/h2-8,12,25H,9-11H2,1H3,(H,26,27)/b4-3+. The molecule has 31 heavy (non-hydrogen) atoms. The summed E-state index contributed by atoms with van der Waals surface area (Å²) in [5.41, 5.74) is 3.31. The van der Waals surface area contributed by atoms with Crippen LogP contribution in [0.5, 0.6) is 11.5 Å². The Morgan fingerprint density at radius 3 is 2.84 bits per heavy atom. The zero-order valence-electron chi connectivity index (χ0n) is 16.6. The number of hydrogen-bond donors (Lipinski definition) is 2. The van der Waals surface area contributed by atoms with E-state index in [4.69, 9.17) is 9.26 Å². The number of carbonyl (C=O) groups is 2. The highest BCUT2D eigenvalue weighted by atomic mass is 16.5. The molecular formula is C23H19NO7. The van der Waals surface area contributed by atoms with Gasteiger partial charge in [0.1, 0.15) is 23.7 Å². The second kappa shape index (κ2) is 8.35. The fourth-order valence-electron chi connectivity index (χ4n) is 3.58. The Labute approximate surface area is 177 Å². The first-order chi connectivity index (χ1) is 15.0. The molecule has 0 aliphatic heterocycles. The largest absolute Gasteiger partial charge is 0.507 e. The average Bonchev–Trinajstić information content (AvgIpc) is 3.21. The topological polar surface area (TPSA) is 119 Å². The molecule has 8 heteroatoms. The predicted molar refractivity (Wildman–Crippen MR) is 110 cm³/mol. The maximum atomic E-state index is 11.9. The number of aromatic carboxylic acids is 1. The van der Waals surface area contributed by atoms with Crippen LogP contribution in [-0.2, 0) is 17.6 Å². The molecule has 1 aromatic heterocycles. The van der Waals surface area contributed by atoms with Crippen LogP contribution in [0.15, 0.2) is 47.0 Å². The van der Waals surface area contributed by atoms with Gasteiger partial charge in [0.05, 0.1) is 7.11 Å². The quantitative estimate of drug-likeness (QED) is 0.578. The van der Waals surface area contributed by atoms with E-state index in [0.717, 1.165) is 16.7 Å². The highest BCUT2D eigenvalue weighted by Gasteiger charge is 2.27. The van der Waals surface area contributed by atoms with Crippen molar-refractivity contribution < 1.29 is 33.8 Å². The number of rotatable bonds is 6. The van der Waals surface area contributed by atoms with Crippen molar-refractivity contribution in [3.63, 3.8) is 0 Å². The summed E-state index contributed by atoms with van der Waals surface area (Å²) in [7, 11) is 1.23. The lowest BCUT2D eigenvalue weighted by molar-refractivity contribution is 0.0592. The summed E-state index contributed by atoms with van der Waals surface area (Å²) in [6.45, 7) is 0.154. The maximum Gasteiger partial charge on any atom is 0.358 e. The molecule has 158 valence electrons. The number of carboxylic acid groups (broad SMARTS) is 1. The van der Waals surface area contributed by atoms with Crippen LogP contribution in [0.1, 0.15) is 37.5 Å². The van der Waals surface area contributed by atoms with Gasteiger partial charge in [0, 0.05) is 11.1 Å². The molecule has 2 aromatic carbocycles. The molecule has 8 nitrogen and oxygen atoms in total. The number of aromatic nitrogens is 1. The Hall–Kier alpha value is -4.07. The van der Waals surface area contributed by atoms with Crippen molar-refractivity contribution in [3.05, 3.63) is 70.4 Å². The SMILES string of the molecule is COC(=O)c1c(O)cccc1OC/C=C/c1ccc2c(c1)-c1onc(C(=O)O)c1CC2. The third-order valence-electron chi connectivity index (χ3n) is 5.05. The van der Waals surface area contributed by atoms with Crippen molar-refractivity contribution in [2.45, 2.75) is 12.8 Å². The molecule has 1 aliphatic rings. The van der Waals surface area contributed by atoms with Crippen LogP contribution in [0.2, 0.25) is 0 Å². The van der Waals surface area contributed by atoms with Gasteiger partial charge in [-0.15, -0.1) is 0 Å². The van der Waals surface area contributed by atoms with Gasteiger partial charge in [-0.3, -0.25) is 0 Å². The summed E-state index contributed by atoms with van der Waals surface area (Å²) < 4.78 is 15.6. The molecule has 4 rings (SSSR count). The van der Waals surface area contributed by atoms with E-state index in [2.05, 4.69) is 9.89 Å². The molecular weight excluding hydrogens is 402 g/mol. The highest BCUT2D eigenvalue weighted by Crippen LogP contribution is 2.36. The zero-order chi connectivity index (χ0) is 22.0. The van der Waals surface area contributed by atoms with Gasteiger partial charge in [-0.05, 0) is 48.2 Å². The first-order valence-electron chi connectivity index (χ1n) is 9.54. The van der Waals surface area contributed by atoms with E-state index in [9.17, 15) is 19.8 Å². The van der Waals surface area contributed by atoms with Gasteiger partial charge in [-0.2, -0.15) is 0 Å². The molecule has 2 N–H and O–H groups in total. The minimum Gasteiger partial charge on any atom is -0.507 e. The number of ether oxygens (including phenoxy) is 2. The Bertz CT molecular complexity index is 1190. The van der Waals surface area contributed by atoms with Crippen molar-refractivity contribution >= 4 is 18.0 Å². The van der Waals surface area contributed by atoms with Crippen molar-refractivity contribution in [1.29, 1.82) is 0 Å². The summed E-state index contributed by atoms with van der Waals surface area (Å²) >= 11 is 0. The summed E-state index contributed by atoms with van der Waals surface area (Å²) in [5.74, 6) is -1.29. The number of esters is 1. The number of carbonyl (C=O) groups excluding carboxylic acids is 1. The summed E-state index contributed by atoms with van der Waals surface area (Å²) in [6, 6.07) is 10.4. The van der Waals surface area contributed by atoms with Crippen LogP contribution in [0.4, 0.5) is 0 Å². The van der Waals surface area contributed by atoms with E-state index < -0.39 is 11.9 Å². The minimum atomic E-state index is -1.10. The number of nitrogens with zero attached hydrogens (tertiary/aromatic N) is 1. The van der Waals surface area contributed by atoms with E-state index in [1.54, 1.807) is 18.2 Å². The number of carboxylic acids is 1. The van der Waals surface area contributed by atoms with E-state index in [1.165, 1.54) is 13.2 Å². The normalized spacial score (nSPS) is 12.3. The molecule has 0 bridgehead atoms. The van der Waals surface area contributed by atoms with Gasteiger partial charge >= 0.3 is 11.9 Å². The van der Waals surface area contributed by atoms with Gasteiger partial charge in [-0.25, -0.2) is 9.59 Å². The average molecular weight is 421 g/mol. The zero-order valence-corrected chi connectivity index (χ0v) is 16.6. The van der Waals surface area contributed by atoms with Crippen LogP contribution in [0.25, 0.3) is 17.4 Å². The number of fused-ring (bicyclic) bond motifs is 3. The Morgan fingerprint density at radius 1 is 1.23 bits per heavy atom. The first kappa shape index (κ1) is 20.2. The molecule has 0 saturated heterocycles. The van der Waals surface area contributed by atoms with Crippen molar-refractivity contribution in [2.24, 2.45) is 0 Å². The summed E-state index contributed by atoms with van der Waals surface area (Å²) in [6.07, 6.45) is 4.89. The van der Waals surface area contributed by atoms with Crippen molar-refractivity contribution in [3.8, 4) is 22.8 Å². The molecule has 3 aromatic rings. The van der Waals surface area contributed by atoms with Crippen LogP contribution < -0.4 is 4.74 Å². The van der Waals surface area contributed by atoms with Gasteiger partial charge in [0.15, 0.2) is 11.5 Å². The van der Waals surface area contributed by atoms with E-state index >= 15 is 0 Å². The second-order valence-corrected chi connectivity index (χ2v) is 6.92. The number of methoxy groups -OCH3 is 1. The van der Waals surface area contributed by atoms with Crippen LogP contribution in [0, 0.1) is 0 Å². The summed E-state index contributed by atoms with van der Waals surface area (Å²) in [5, 5.41) is 22.9. The molecule has 0 amide bonds. The lowest BCUT2D eigenvalue weighted by atomic mass is 9.88. The number of aromatic hydroxyl groups is 1. The molecule has 0 radical (unpaired) electrons. The van der Waals surface area contributed by atoms with Gasteiger partial charge in [0.25, 0.3) is 0 Å². The molecule has 0 spiro atoms. The molecule has 1 heterocycles. The first-order valence-corrected chi connectivity index (χ1v) is 9.54. The number of benzene rings is 2. The van der Waals surface area contributed by atoms with Crippen molar-refractivity contribution in [2.75, 3.05) is 13.7 Å². The summed E-state index contributed by atoms with van der Waals surface area (Å²) in [4.78, 5) is 23.2. The predicted octanol–water partition coefficient (Wildman–Crippen LogP) is 3.72. The number of hydrogen-bond acceptors (Lipinski definition) is 7. The molecule has 0 saturated carbocycles. The lowest BCUT2D eigenvalue weighted by Gasteiger charge is -2.15. The Morgan fingerprint density at radius 2 is 2.06 bits per heavy atom. The van der Waals surface area contributed by atoms with E-state index in [-0.39, 0.29) is 29.4 Å². The fraction of sp³-hybridized carbons (Fsp3) is 0.174. The molecule has 0 unspecified atom stereocenters. The Kier molecular flexibility index (Phi) is 5.44. The van der Waals surface area contributed by atoms with Crippen LogP contribution in [0.3, 0.4) is 0 Å². The number of aryl methyl sites for hydroxylation is 1. The third kappa shape index (κ3) is 3.87. The second-order valence-electron chi connectivity index (χ2n) is 6.92. The maximum absolute atomic E-state index is 11.9.